The summed E-state index contributed by atoms with van der Waals surface area (Å²) >= 11 is 0. The molecule has 0 spiro atoms. The molecule has 0 saturated heterocycles. The zero-order chi connectivity index (χ0) is 14.5. The fourth-order valence-electron chi connectivity index (χ4n) is 1.78. The van der Waals surface area contributed by atoms with E-state index in [0.29, 0.717) is 16.9 Å². The molecule has 4 N–H and O–H groups in total. The van der Waals surface area contributed by atoms with Gasteiger partial charge in [0, 0.05) is 11.8 Å². The Balaban J connectivity index is 2.52. The number of nitrogens with two attached hydrogens (primary N) is 2. The zero-order valence-corrected chi connectivity index (χ0v) is 10.9. The van der Waals surface area contributed by atoms with Crippen LogP contribution in [0.5, 0.6) is 0 Å². The van der Waals surface area contributed by atoms with Crippen LogP contribution >= 0.6 is 0 Å². The van der Waals surface area contributed by atoms with Gasteiger partial charge in [0.15, 0.2) is 5.96 Å². The van der Waals surface area contributed by atoms with Crippen molar-refractivity contribution in [1.82, 2.24) is 4.98 Å². The van der Waals surface area contributed by atoms with Crippen molar-refractivity contribution in [2.75, 3.05) is 7.11 Å². The lowest BCUT2D eigenvalue weighted by atomic mass is 10.1. The summed E-state index contributed by atoms with van der Waals surface area (Å²) < 4.78 is 4.75. The molecule has 0 fully saturated rings. The third-order valence-electron chi connectivity index (χ3n) is 2.59. The second kappa shape index (κ2) is 5.83. The minimum Gasteiger partial charge on any atom is -0.465 e. The van der Waals surface area contributed by atoms with Crippen LogP contribution in [0.25, 0.3) is 11.3 Å². The molecule has 0 radical (unpaired) electrons. The molecular formula is C14H14N4O2. The monoisotopic (exact) mass is 270 g/mol. The maximum absolute atomic E-state index is 11.7. The SMILES string of the molecule is COC(=O)c1cccnc1-c1cccc(N=C(N)N)c1. The number of hydrogen-bond donors (Lipinski definition) is 2. The van der Waals surface area contributed by atoms with Crippen molar-refractivity contribution in [2.45, 2.75) is 0 Å². The number of guanidine groups is 1. The van der Waals surface area contributed by atoms with Crippen LogP contribution in [-0.2, 0) is 4.74 Å². The standard InChI is InChI=1S/C14H14N4O2/c1-20-13(19)11-6-3-7-17-12(11)9-4-2-5-10(8-9)18-14(15)16/h2-8H,1H3,(H4,15,16,18). The molecule has 0 aliphatic rings. The van der Waals surface area contributed by atoms with E-state index in [-0.39, 0.29) is 5.96 Å². The fourth-order valence-corrected chi connectivity index (χ4v) is 1.78. The summed E-state index contributed by atoms with van der Waals surface area (Å²) in [5.41, 5.74) is 12.9. The highest BCUT2D eigenvalue weighted by molar-refractivity contribution is 5.96. The van der Waals surface area contributed by atoms with Gasteiger partial charge in [0.2, 0.25) is 0 Å². The number of benzene rings is 1. The highest BCUT2D eigenvalue weighted by Crippen LogP contribution is 2.25. The molecule has 0 unspecified atom stereocenters. The minimum absolute atomic E-state index is 0.0311. The number of pyridine rings is 1. The Bertz CT molecular complexity index is 664. The molecule has 0 amide bonds. The van der Waals surface area contributed by atoms with E-state index in [1.54, 1.807) is 36.5 Å². The second-order valence-corrected chi connectivity index (χ2v) is 3.98. The van der Waals surface area contributed by atoms with Crippen molar-refractivity contribution in [1.29, 1.82) is 0 Å². The number of esters is 1. The Hall–Kier alpha value is -2.89. The summed E-state index contributed by atoms with van der Waals surface area (Å²) in [6, 6.07) is 10.4. The first-order valence-corrected chi connectivity index (χ1v) is 5.85. The number of carbonyl (C=O) groups is 1. The molecule has 6 heteroatoms. The summed E-state index contributed by atoms with van der Waals surface area (Å²) in [7, 11) is 1.33. The lowest BCUT2D eigenvalue weighted by Crippen LogP contribution is -2.21. The van der Waals surface area contributed by atoms with Gasteiger partial charge in [-0.25, -0.2) is 9.79 Å². The highest BCUT2D eigenvalue weighted by Gasteiger charge is 2.14. The van der Waals surface area contributed by atoms with Gasteiger partial charge in [-0.05, 0) is 24.3 Å². The molecule has 2 rings (SSSR count). The van der Waals surface area contributed by atoms with E-state index in [1.807, 2.05) is 6.07 Å². The Morgan fingerprint density at radius 3 is 2.75 bits per heavy atom. The number of nitrogens with zero attached hydrogens (tertiary/aromatic N) is 2. The molecule has 0 aliphatic heterocycles. The van der Waals surface area contributed by atoms with E-state index >= 15 is 0 Å². The maximum atomic E-state index is 11.7. The van der Waals surface area contributed by atoms with Crippen molar-refractivity contribution in [2.24, 2.45) is 16.5 Å². The van der Waals surface area contributed by atoms with Crippen LogP contribution in [0, 0.1) is 0 Å². The second-order valence-electron chi connectivity index (χ2n) is 3.98. The van der Waals surface area contributed by atoms with Crippen molar-refractivity contribution >= 4 is 17.6 Å². The van der Waals surface area contributed by atoms with Gasteiger partial charge in [0.25, 0.3) is 0 Å². The summed E-state index contributed by atoms with van der Waals surface area (Å²) in [5, 5.41) is 0. The Morgan fingerprint density at radius 1 is 1.25 bits per heavy atom. The average molecular weight is 270 g/mol. The van der Waals surface area contributed by atoms with Crippen molar-refractivity contribution in [3.63, 3.8) is 0 Å². The summed E-state index contributed by atoms with van der Waals surface area (Å²) in [5.74, 6) is -0.475. The van der Waals surface area contributed by atoms with Gasteiger partial charge in [-0.2, -0.15) is 0 Å². The van der Waals surface area contributed by atoms with E-state index in [0.717, 1.165) is 5.56 Å². The van der Waals surface area contributed by atoms with Crippen LogP contribution in [0.1, 0.15) is 10.4 Å². The van der Waals surface area contributed by atoms with Crippen LogP contribution in [0.15, 0.2) is 47.6 Å². The first kappa shape index (κ1) is 13.5. The molecule has 2 aromatic rings. The Labute approximate surface area is 116 Å². The molecule has 0 aliphatic carbocycles. The first-order valence-electron chi connectivity index (χ1n) is 5.85. The zero-order valence-electron chi connectivity index (χ0n) is 10.9. The van der Waals surface area contributed by atoms with Crippen LogP contribution in [0.4, 0.5) is 5.69 Å². The fraction of sp³-hybridized carbons (Fsp3) is 0.0714. The predicted octanol–water partition coefficient (Wildman–Crippen LogP) is 1.44. The quantitative estimate of drug-likeness (QED) is 0.499. The van der Waals surface area contributed by atoms with E-state index in [9.17, 15) is 4.79 Å². The van der Waals surface area contributed by atoms with E-state index < -0.39 is 5.97 Å². The number of aliphatic imine (C=N–C) groups is 1. The van der Waals surface area contributed by atoms with Crippen LogP contribution < -0.4 is 11.5 Å². The third-order valence-corrected chi connectivity index (χ3v) is 2.59. The number of hydrogen-bond acceptors (Lipinski definition) is 4. The molecule has 102 valence electrons. The Morgan fingerprint density at radius 2 is 2.05 bits per heavy atom. The lowest BCUT2D eigenvalue weighted by Gasteiger charge is -2.07. The highest BCUT2D eigenvalue weighted by atomic mass is 16.5. The minimum atomic E-state index is -0.444. The average Bonchev–Trinajstić information content (AvgIpc) is 2.46. The number of ether oxygens (including phenoxy) is 1. The normalized spacial score (nSPS) is 9.85. The van der Waals surface area contributed by atoms with Gasteiger partial charge >= 0.3 is 5.97 Å². The van der Waals surface area contributed by atoms with E-state index in [2.05, 4.69) is 9.98 Å². The van der Waals surface area contributed by atoms with Gasteiger partial charge < -0.3 is 16.2 Å². The molecule has 0 bridgehead atoms. The number of aromatic nitrogens is 1. The van der Waals surface area contributed by atoms with Crippen LogP contribution in [-0.4, -0.2) is 24.0 Å². The molecule has 0 atom stereocenters. The van der Waals surface area contributed by atoms with Crippen molar-refractivity contribution in [3.05, 3.63) is 48.2 Å². The van der Waals surface area contributed by atoms with E-state index in [1.165, 1.54) is 7.11 Å². The van der Waals surface area contributed by atoms with Crippen LogP contribution in [0.2, 0.25) is 0 Å². The first-order chi connectivity index (χ1) is 9.61. The van der Waals surface area contributed by atoms with Gasteiger partial charge in [0.1, 0.15) is 0 Å². The van der Waals surface area contributed by atoms with Gasteiger partial charge in [0.05, 0.1) is 24.1 Å². The molecule has 1 heterocycles. The van der Waals surface area contributed by atoms with Crippen molar-refractivity contribution < 1.29 is 9.53 Å². The molecular weight excluding hydrogens is 256 g/mol. The summed E-state index contributed by atoms with van der Waals surface area (Å²) in [6.07, 6.45) is 1.61. The smallest absolute Gasteiger partial charge is 0.340 e. The van der Waals surface area contributed by atoms with Gasteiger partial charge in [-0.3, -0.25) is 4.98 Å². The number of methoxy groups -OCH3 is 1. The van der Waals surface area contributed by atoms with E-state index in [4.69, 9.17) is 16.2 Å². The lowest BCUT2D eigenvalue weighted by molar-refractivity contribution is 0.0601. The van der Waals surface area contributed by atoms with Crippen molar-refractivity contribution in [3.8, 4) is 11.3 Å². The topological polar surface area (TPSA) is 104 Å². The van der Waals surface area contributed by atoms with Crippen LogP contribution in [0.3, 0.4) is 0 Å². The molecule has 20 heavy (non-hydrogen) atoms. The summed E-state index contributed by atoms with van der Waals surface area (Å²) in [6.45, 7) is 0. The molecule has 6 nitrogen and oxygen atoms in total. The predicted molar refractivity (Wildman–Crippen MR) is 76.5 cm³/mol. The Kier molecular flexibility index (Phi) is 3.95. The summed E-state index contributed by atoms with van der Waals surface area (Å²) in [4.78, 5) is 19.9. The number of rotatable bonds is 3. The maximum Gasteiger partial charge on any atom is 0.340 e. The third kappa shape index (κ3) is 2.92. The molecule has 0 saturated carbocycles. The largest absolute Gasteiger partial charge is 0.465 e. The van der Waals surface area contributed by atoms with Gasteiger partial charge in [-0.15, -0.1) is 0 Å². The van der Waals surface area contributed by atoms with Gasteiger partial charge in [-0.1, -0.05) is 12.1 Å². The molecule has 1 aromatic carbocycles. The number of carbonyl (C=O) groups excluding carboxylic acids is 1. The molecule has 1 aromatic heterocycles.